The van der Waals surface area contributed by atoms with Gasteiger partial charge in [0.2, 0.25) is 0 Å². The van der Waals surface area contributed by atoms with Gasteiger partial charge in [-0.2, -0.15) is 0 Å². The second-order valence-electron chi connectivity index (χ2n) is 9.93. The third-order valence-electron chi connectivity index (χ3n) is 7.50. The molecule has 0 aromatic heterocycles. The van der Waals surface area contributed by atoms with Crippen molar-refractivity contribution in [2.45, 2.75) is 64.1 Å². The Balaban J connectivity index is 1.27. The fraction of sp³-hybridized carbons (Fsp3) is 0.538. The standard InChI is InChI=1S/C26H32BrNO2/c1-17-3-5-18(6-4-17)16-30-25-23(27)10-22(11-24(25)29-2)15-28-26-12-19-7-20(13-26)9-21(8-19)14-26/h3-6,10-11,19-21,28H,7-9,12-16H2,1-2H3. The number of rotatable bonds is 7. The van der Waals surface area contributed by atoms with Crippen LogP contribution in [0, 0.1) is 24.7 Å². The van der Waals surface area contributed by atoms with Gasteiger partial charge >= 0.3 is 0 Å². The van der Waals surface area contributed by atoms with Crippen molar-refractivity contribution in [3.8, 4) is 11.5 Å². The van der Waals surface area contributed by atoms with E-state index in [-0.39, 0.29) is 0 Å². The number of hydrogen-bond donors (Lipinski definition) is 1. The highest BCUT2D eigenvalue weighted by Crippen LogP contribution is 2.55. The number of methoxy groups -OCH3 is 1. The van der Waals surface area contributed by atoms with Crippen molar-refractivity contribution in [2.75, 3.05) is 7.11 Å². The Hall–Kier alpha value is -1.52. The third kappa shape index (κ3) is 4.13. The summed E-state index contributed by atoms with van der Waals surface area (Å²) in [4.78, 5) is 0. The van der Waals surface area contributed by atoms with Crippen LogP contribution in [0.3, 0.4) is 0 Å². The molecule has 0 amide bonds. The normalized spacial score (nSPS) is 29.2. The molecule has 4 fully saturated rings. The molecule has 1 N–H and O–H groups in total. The van der Waals surface area contributed by atoms with E-state index in [2.05, 4.69) is 64.6 Å². The second kappa shape index (κ2) is 8.20. The molecule has 0 radical (unpaired) electrons. The Kier molecular flexibility index (Phi) is 5.57. The first kappa shape index (κ1) is 20.4. The molecule has 0 spiro atoms. The Morgan fingerprint density at radius 1 is 0.967 bits per heavy atom. The van der Waals surface area contributed by atoms with Crippen molar-refractivity contribution in [3.05, 3.63) is 57.6 Å². The molecular formula is C26H32BrNO2. The molecule has 0 aliphatic heterocycles. The molecule has 2 aromatic rings. The molecule has 30 heavy (non-hydrogen) atoms. The summed E-state index contributed by atoms with van der Waals surface area (Å²) in [7, 11) is 1.72. The Bertz CT molecular complexity index is 873. The van der Waals surface area contributed by atoms with E-state index < -0.39 is 0 Å². The average Bonchev–Trinajstić information content (AvgIpc) is 2.71. The van der Waals surface area contributed by atoms with E-state index in [9.17, 15) is 0 Å². The van der Waals surface area contributed by atoms with Crippen LogP contribution < -0.4 is 14.8 Å². The average molecular weight is 470 g/mol. The molecule has 0 saturated heterocycles. The van der Waals surface area contributed by atoms with Gasteiger partial charge in [0.1, 0.15) is 6.61 Å². The first-order chi connectivity index (χ1) is 14.5. The van der Waals surface area contributed by atoms with Gasteiger partial charge in [-0.25, -0.2) is 0 Å². The zero-order chi connectivity index (χ0) is 20.7. The maximum Gasteiger partial charge on any atom is 0.175 e. The number of nitrogens with one attached hydrogen (secondary N) is 1. The zero-order valence-corrected chi connectivity index (χ0v) is 19.6. The van der Waals surface area contributed by atoms with Gasteiger partial charge < -0.3 is 14.8 Å². The van der Waals surface area contributed by atoms with Gasteiger partial charge in [-0.3, -0.25) is 0 Å². The summed E-state index contributed by atoms with van der Waals surface area (Å²) >= 11 is 3.73. The van der Waals surface area contributed by atoms with Crippen LogP contribution in [0.25, 0.3) is 0 Å². The van der Waals surface area contributed by atoms with Gasteiger partial charge in [0.25, 0.3) is 0 Å². The highest BCUT2D eigenvalue weighted by atomic mass is 79.9. The largest absolute Gasteiger partial charge is 0.493 e. The van der Waals surface area contributed by atoms with Crippen LogP contribution in [0.15, 0.2) is 40.9 Å². The molecule has 160 valence electrons. The molecular weight excluding hydrogens is 438 g/mol. The molecule has 6 rings (SSSR count). The van der Waals surface area contributed by atoms with Gasteiger partial charge in [-0.1, -0.05) is 29.8 Å². The predicted octanol–water partition coefficient (Wildman–Crippen LogP) is 6.40. The number of benzene rings is 2. The van der Waals surface area contributed by atoms with Gasteiger partial charge in [-0.15, -0.1) is 0 Å². The van der Waals surface area contributed by atoms with Gasteiger partial charge in [-0.05, 0) is 102 Å². The number of ether oxygens (including phenoxy) is 2. The van der Waals surface area contributed by atoms with E-state index in [1.807, 2.05) is 0 Å². The van der Waals surface area contributed by atoms with Crippen molar-refractivity contribution in [1.82, 2.24) is 5.32 Å². The van der Waals surface area contributed by atoms with Crippen LogP contribution in [0.5, 0.6) is 11.5 Å². The monoisotopic (exact) mass is 469 g/mol. The van der Waals surface area contributed by atoms with Crippen LogP contribution in [0.4, 0.5) is 0 Å². The topological polar surface area (TPSA) is 30.5 Å². The fourth-order valence-electron chi connectivity index (χ4n) is 6.47. The van der Waals surface area contributed by atoms with E-state index in [0.717, 1.165) is 45.8 Å². The lowest BCUT2D eigenvalue weighted by Gasteiger charge is -2.57. The molecule has 3 nitrogen and oxygen atoms in total. The number of hydrogen-bond acceptors (Lipinski definition) is 3. The molecule has 4 bridgehead atoms. The van der Waals surface area contributed by atoms with Crippen molar-refractivity contribution < 1.29 is 9.47 Å². The van der Waals surface area contributed by atoms with Crippen molar-refractivity contribution >= 4 is 15.9 Å². The molecule has 4 aliphatic rings. The molecule has 0 heterocycles. The Morgan fingerprint density at radius 3 is 2.20 bits per heavy atom. The molecule has 0 unspecified atom stereocenters. The lowest BCUT2D eigenvalue weighted by Crippen LogP contribution is -2.58. The smallest absolute Gasteiger partial charge is 0.175 e. The predicted molar refractivity (Wildman–Crippen MR) is 124 cm³/mol. The van der Waals surface area contributed by atoms with E-state index >= 15 is 0 Å². The van der Waals surface area contributed by atoms with Crippen LogP contribution in [0.1, 0.15) is 55.2 Å². The SMILES string of the molecule is COc1cc(CNC23CC4CC(CC(C4)C2)C3)cc(Br)c1OCc1ccc(C)cc1. The first-order valence-corrected chi connectivity index (χ1v) is 12.1. The molecule has 2 aromatic carbocycles. The second-order valence-corrected chi connectivity index (χ2v) is 10.8. The van der Waals surface area contributed by atoms with Gasteiger partial charge in [0.15, 0.2) is 11.5 Å². The van der Waals surface area contributed by atoms with Crippen LogP contribution in [-0.2, 0) is 13.2 Å². The highest BCUT2D eigenvalue weighted by Gasteiger charge is 2.50. The summed E-state index contributed by atoms with van der Waals surface area (Å²) in [5, 5.41) is 3.99. The minimum absolute atomic E-state index is 0.370. The molecule has 0 atom stereocenters. The summed E-state index contributed by atoms with van der Waals surface area (Å²) in [5.74, 6) is 4.45. The van der Waals surface area contributed by atoms with E-state index in [0.29, 0.717) is 12.1 Å². The molecule has 4 heteroatoms. The number of aryl methyl sites for hydroxylation is 1. The Labute approximate surface area is 188 Å². The lowest BCUT2D eigenvalue weighted by atomic mass is 9.53. The van der Waals surface area contributed by atoms with Crippen molar-refractivity contribution in [2.24, 2.45) is 17.8 Å². The quantitative estimate of drug-likeness (QED) is 0.508. The van der Waals surface area contributed by atoms with Gasteiger partial charge in [0.05, 0.1) is 11.6 Å². The summed E-state index contributed by atoms with van der Waals surface area (Å²) in [6, 6.07) is 12.8. The summed E-state index contributed by atoms with van der Waals surface area (Å²) in [6.07, 6.45) is 8.55. The summed E-state index contributed by atoms with van der Waals surface area (Å²) in [5.41, 5.74) is 4.03. The first-order valence-electron chi connectivity index (χ1n) is 11.3. The van der Waals surface area contributed by atoms with Crippen molar-refractivity contribution in [1.29, 1.82) is 0 Å². The number of halogens is 1. The van der Waals surface area contributed by atoms with Gasteiger partial charge in [0, 0.05) is 12.1 Å². The highest BCUT2D eigenvalue weighted by molar-refractivity contribution is 9.10. The fourth-order valence-corrected chi connectivity index (χ4v) is 7.08. The maximum absolute atomic E-state index is 6.13. The summed E-state index contributed by atoms with van der Waals surface area (Å²) < 4.78 is 12.8. The van der Waals surface area contributed by atoms with Crippen LogP contribution in [0.2, 0.25) is 0 Å². The molecule has 4 saturated carbocycles. The van der Waals surface area contributed by atoms with E-state index in [4.69, 9.17) is 9.47 Å². The maximum atomic E-state index is 6.13. The minimum Gasteiger partial charge on any atom is -0.493 e. The summed E-state index contributed by atoms with van der Waals surface area (Å²) in [6.45, 7) is 3.51. The third-order valence-corrected chi connectivity index (χ3v) is 8.09. The van der Waals surface area contributed by atoms with Crippen molar-refractivity contribution in [3.63, 3.8) is 0 Å². The van der Waals surface area contributed by atoms with Crippen LogP contribution in [-0.4, -0.2) is 12.6 Å². The lowest BCUT2D eigenvalue weighted by molar-refractivity contribution is -0.0206. The van der Waals surface area contributed by atoms with Crippen LogP contribution >= 0.6 is 15.9 Å². The zero-order valence-electron chi connectivity index (χ0n) is 18.0. The Morgan fingerprint density at radius 2 is 1.60 bits per heavy atom. The van der Waals surface area contributed by atoms with E-state index in [1.165, 1.54) is 49.7 Å². The molecule has 4 aliphatic carbocycles. The van der Waals surface area contributed by atoms with E-state index in [1.54, 1.807) is 7.11 Å². The minimum atomic E-state index is 0.370.